The molecule has 0 aromatic carbocycles. The summed E-state index contributed by atoms with van der Waals surface area (Å²) in [7, 11) is 1.54. The maximum atomic E-state index is 11.3. The van der Waals surface area contributed by atoms with E-state index in [0.29, 0.717) is 12.8 Å². The minimum absolute atomic E-state index is 0.00715. The van der Waals surface area contributed by atoms with Crippen molar-refractivity contribution in [1.29, 1.82) is 0 Å². The van der Waals surface area contributed by atoms with Crippen molar-refractivity contribution in [2.45, 2.75) is 124 Å². The first kappa shape index (κ1) is 107. The van der Waals surface area contributed by atoms with Gasteiger partial charge in [0.2, 0.25) is 0 Å². The second-order valence-electron chi connectivity index (χ2n) is 37.3. The molecule has 650 valence electrons. The fourth-order valence-electron chi connectivity index (χ4n) is 10.3. The van der Waals surface area contributed by atoms with Crippen molar-refractivity contribution in [2.75, 3.05) is 298 Å². The van der Waals surface area contributed by atoms with Crippen LogP contribution in [0, 0.1) is 81.2 Å². The maximum Gasteiger partial charge on any atom is 0.0566 e. The molecule has 0 rings (SSSR count). The molecule has 0 bridgehead atoms. The Labute approximate surface area is 647 Å². The highest BCUT2D eigenvalue weighted by atomic mass is 16.6. The molecule has 0 spiro atoms. The largest absolute Gasteiger partial charge is 0.396 e. The number of hydrogen-bond donors (Lipinski definition) is 15. The molecule has 9 unspecified atom stereocenters. The van der Waals surface area contributed by atoms with Crippen LogP contribution in [0.4, 0.5) is 0 Å². The van der Waals surface area contributed by atoms with Crippen molar-refractivity contribution < 1.29 is 148 Å². The SMILES string of the molecule is CCC(C)(CO)COCC(C)(CO)COCC(C)(COCC(C)(COCC(C)(CO)CO)COCC(C)(CO)CO)COCC(CC)(CO)COCC(C)(COCC(C)(CO)COC)COCC(C)(COCC(C)(CO)CO)COCC(C)(COCC(C)(CO)CO)COCC(C)(CO)COCC(C)(CO)CO. The number of ether oxygens (including phenoxy) is 15. The Morgan fingerprint density at radius 2 is 0.278 bits per heavy atom. The molecule has 9 atom stereocenters. The molecule has 0 aliphatic carbocycles. The Kier molecular flexibility index (Phi) is 51.2. The van der Waals surface area contributed by atoms with E-state index in [9.17, 15) is 76.6 Å². The van der Waals surface area contributed by atoms with Crippen LogP contribution in [-0.2, 0) is 71.1 Å². The summed E-state index contributed by atoms with van der Waals surface area (Å²) in [6.07, 6.45) is 1.10. The molecular weight excluding hydrogens is 1420 g/mol. The predicted molar refractivity (Wildman–Crippen MR) is 406 cm³/mol. The summed E-state index contributed by atoms with van der Waals surface area (Å²) in [6, 6.07) is 0. The van der Waals surface area contributed by atoms with Gasteiger partial charge < -0.3 is 148 Å². The van der Waals surface area contributed by atoms with E-state index in [1.165, 1.54) is 0 Å². The van der Waals surface area contributed by atoms with Gasteiger partial charge in [-0.15, -0.1) is 0 Å². The molecule has 0 radical (unpaired) electrons. The highest BCUT2D eigenvalue weighted by Crippen LogP contribution is 2.34. The van der Waals surface area contributed by atoms with Gasteiger partial charge in [-0.1, -0.05) is 111 Å². The van der Waals surface area contributed by atoms with Crippen molar-refractivity contribution in [3.05, 3.63) is 0 Å². The normalized spacial score (nSPS) is 18.3. The van der Waals surface area contributed by atoms with Gasteiger partial charge >= 0.3 is 0 Å². The lowest BCUT2D eigenvalue weighted by Crippen LogP contribution is -2.44. The van der Waals surface area contributed by atoms with E-state index in [-0.39, 0.29) is 291 Å². The van der Waals surface area contributed by atoms with Crippen molar-refractivity contribution in [2.24, 2.45) is 81.2 Å². The number of aliphatic hydroxyl groups is 15. The summed E-state index contributed by atoms with van der Waals surface area (Å²) in [5.41, 5.74) is -12.9. The zero-order valence-corrected chi connectivity index (χ0v) is 69.9. The van der Waals surface area contributed by atoms with Crippen molar-refractivity contribution >= 4 is 0 Å². The fraction of sp³-hybridized carbons (Fsp3) is 1.00. The predicted octanol–water partition coefficient (Wildman–Crippen LogP) is 1.64. The Balaban J connectivity index is 7.28. The van der Waals surface area contributed by atoms with Crippen LogP contribution in [-0.4, -0.2) is 374 Å². The van der Waals surface area contributed by atoms with Crippen LogP contribution in [0.15, 0.2) is 0 Å². The third-order valence-electron chi connectivity index (χ3n) is 20.3. The molecule has 0 heterocycles. The molecule has 0 aliphatic heterocycles. The van der Waals surface area contributed by atoms with E-state index < -0.39 is 81.2 Å². The average molecular weight is 1580 g/mol. The molecule has 0 saturated heterocycles. The lowest BCUT2D eigenvalue weighted by Gasteiger charge is -2.38. The zero-order valence-electron chi connectivity index (χ0n) is 69.9. The first-order valence-electron chi connectivity index (χ1n) is 38.2. The third kappa shape index (κ3) is 41.1. The van der Waals surface area contributed by atoms with Crippen molar-refractivity contribution in [3.8, 4) is 0 Å². The molecule has 0 aromatic heterocycles. The average Bonchev–Trinajstić information content (AvgIpc) is 0.855. The van der Waals surface area contributed by atoms with Crippen LogP contribution in [0.25, 0.3) is 0 Å². The third-order valence-corrected chi connectivity index (χ3v) is 20.3. The van der Waals surface area contributed by atoms with Gasteiger partial charge in [0.05, 0.1) is 291 Å². The molecule has 30 heteroatoms. The second-order valence-corrected chi connectivity index (χ2v) is 37.3. The fourth-order valence-corrected chi connectivity index (χ4v) is 10.3. The van der Waals surface area contributed by atoms with Crippen LogP contribution >= 0.6 is 0 Å². The molecule has 30 nitrogen and oxygen atoms in total. The van der Waals surface area contributed by atoms with Crippen molar-refractivity contribution in [3.63, 3.8) is 0 Å². The summed E-state index contributed by atoms with van der Waals surface area (Å²) in [5, 5.41) is 153. The zero-order chi connectivity index (χ0) is 82.6. The molecule has 0 aliphatic rings. The van der Waals surface area contributed by atoms with E-state index in [0.717, 1.165) is 0 Å². The summed E-state index contributed by atoms with van der Waals surface area (Å²) in [4.78, 5) is 0. The van der Waals surface area contributed by atoms with Gasteiger partial charge in [0.15, 0.2) is 0 Å². The van der Waals surface area contributed by atoms with Crippen LogP contribution in [0.3, 0.4) is 0 Å². The number of methoxy groups -OCH3 is 1. The van der Waals surface area contributed by atoms with Gasteiger partial charge in [-0.05, 0) is 12.8 Å². The summed E-state index contributed by atoms with van der Waals surface area (Å²) < 4.78 is 94.4. The molecule has 0 saturated carbocycles. The topological polar surface area (TPSA) is 442 Å². The standard InChI is InChI=1S/C78H158O30/c1-18-64(3,20-79)36-95-43-71(10,32-91)45-103-53-77(16,59-105-54-73(12,47-97-38-66(5,23-82)24-83)48-98-39-67(6,25-84)26-85)61-108-63-78(19-2,34-93)62-107-60-76(15,52-101-42-70(9,31-90)35-94-17)58-106-57-75(14,50-100-41-69(8,29-88)30-89)56-104-55-74(13,49-99-40-68(7,27-86)28-87)51-102-46-72(11,33-92)44-96-37-65(4,21-80)22-81/h79-93H,18-63H2,1-17H3. The molecule has 0 amide bonds. The van der Waals surface area contributed by atoms with Gasteiger partial charge in [-0.2, -0.15) is 0 Å². The highest BCUT2D eigenvalue weighted by molar-refractivity contribution is 4.87. The first-order valence-corrected chi connectivity index (χ1v) is 38.2. The number of aliphatic hydroxyl groups excluding tert-OH is 15. The smallest absolute Gasteiger partial charge is 0.0566 e. The monoisotopic (exact) mass is 1580 g/mol. The Morgan fingerprint density at radius 1 is 0.148 bits per heavy atom. The lowest BCUT2D eigenvalue weighted by atomic mass is 9.87. The van der Waals surface area contributed by atoms with Gasteiger partial charge in [-0.3, -0.25) is 0 Å². The van der Waals surface area contributed by atoms with Crippen LogP contribution < -0.4 is 0 Å². The summed E-state index contributed by atoms with van der Waals surface area (Å²) in [6.45, 7) is 26.9. The minimum atomic E-state index is -0.969. The Hall–Kier alpha value is -1.20. The van der Waals surface area contributed by atoms with E-state index in [1.54, 1.807) is 48.7 Å². The van der Waals surface area contributed by atoms with Gasteiger partial charge in [0, 0.05) is 88.3 Å². The van der Waals surface area contributed by atoms with Crippen LogP contribution in [0.1, 0.15) is 124 Å². The molecule has 0 fully saturated rings. The van der Waals surface area contributed by atoms with Crippen molar-refractivity contribution in [1.82, 2.24) is 0 Å². The Morgan fingerprint density at radius 3 is 0.407 bits per heavy atom. The molecular formula is C78H158O30. The minimum Gasteiger partial charge on any atom is -0.396 e. The van der Waals surface area contributed by atoms with E-state index >= 15 is 0 Å². The second kappa shape index (κ2) is 51.8. The maximum absolute atomic E-state index is 11.3. The quantitative estimate of drug-likeness (QED) is 0.0411. The van der Waals surface area contributed by atoms with Gasteiger partial charge in [0.1, 0.15) is 0 Å². The van der Waals surface area contributed by atoms with E-state index in [4.69, 9.17) is 71.1 Å². The van der Waals surface area contributed by atoms with Gasteiger partial charge in [-0.25, -0.2) is 0 Å². The molecule has 0 aromatic rings. The number of rotatable bonds is 75. The van der Waals surface area contributed by atoms with Gasteiger partial charge in [0.25, 0.3) is 0 Å². The first-order chi connectivity index (χ1) is 50.5. The summed E-state index contributed by atoms with van der Waals surface area (Å²) >= 11 is 0. The summed E-state index contributed by atoms with van der Waals surface area (Å²) in [5.74, 6) is 0. The van der Waals surface area contributed by atoms with Crippen LogP contribution in [0.2, 0.25) is 0 Å². The number of hydrogen-bond acceptors (Lipinski definition) is 30. The van der Waals surface area contributed by atoms with Crippen LogP contribution in [0.5, 0.6) is 0 Å². The highest BCUT2D eigenvalue weighted by Gasteiger charge is 2.41. The lowest BCUT2D eigenvalue weighted by molar-refractivity contribution is -0.142. The Bertz CT molecular complexity index is 2210. The van der Waals surface area contributed by atoms with E-state index in [2.05, 4.69) is 0 Å². The molecule has 108 heavy (non-hydrogen) atoms. The molecule has 15 N–H and O–H groups in total. The van der Waals surface area contributed by atoms with E-state index in [1.807, 2.05) is 69.2 Å².